The molecular formula is C27H33N5. The maximum Gasteiger partial charge on any atom is 0.163 e. The lowest BCUT2D eigenvalue weighted by atomic mass is 9.72. The van der Waals surface area contributed by atoms with E-state index in [4.69, 9.17) is 0 Å². The van der Waals surface area contributed by atoms with Gasteiger partial charge in [0.25, 0.3) is 0 Å². The van der Waals surface area contributed by atoms with Gasteiger partial charge in [0.05, 0.1) is 5.69 Å². The van der Waals surface area contributed by atoms with Gasteiger partial charge in [-0.2, -0.15) is 0 Å². The van der Waals surface area contributed by atoms with E-state index in [0.29, 0.717) is 18.0 Å². The fraction of sp³-hybridized carbons (Fsp3) is 0.481. The number of rotatable bonds is 3. The topological polar surface area (TPSA) is 58.0 Å². The standard InChI is InChI=1S/C27H33N5/c1-15(2)24-21-10-18(27(5)11-19-7-8-20(12-27)29-19)6-9-23(21)30-25(24)22-13-32-14-28-31-26(32)17(4)16(22)3/h6,9-10,13-15,19-20,29-30H,7-8,11-12H2,1-5H3/t19-,20+,27?. The first-order valence-corrected chi connectivity index (χ1v) is 12.1. The largest absolute Gasteiger partial charge is 0.354 e. The predicted octanol–water partition coefficient (Wildman–Crippen LogP) is 5.79. The summed E-state index contributed by atoms with van der Waals surface area (Å²) in [6.07, 6.45) is 9.13. The van der Waals surface area contributed by atoms with Gasteiger partial charge >= 0.3 is 0 Å². The number of hydrogen-bond acceptors (Lipinski definition) is 3. The third-order valence-electron chi connectivity index (χ3n) is 8.25. The monoisotopic (exact) mass is 427 g/mol. The first kappa shape index (κ1) is 20.0. The maximum absolute atomic E-state index is 4.30. The second-order valence-electron chi connectivity index (χ2n) is 10.8. The summed E-state index contributed by atoms with van der Waals surface area (Å²) in [5.41, 5.74) is 10.3. The summed E-state index contributed by atoms with van der Waals surface area (Å²) >= 11 is 0. The minimum Gasteiger partial charge on any atom is -0.354 e. The number of pyridine rings is 1. The quantitative estimate of drug-likeness (QED) is 0.435. The van der Waals surface area contributed by atoms with Gasteiger partial charge in [0, 0.05) is 34.7 Å². The van der Waals surface area contributed by atoms with Crippen molar-refractivity contribution in [1.29, 1.82) is 0 Å². The van der Waals surface area contributed by atoms with Gasteiger partial charge in [-0.05, 0) is 85.3 Å². The summed E-state index contributed by atoms with van der Waals surface area (Å²) in [5.74, 6) is 0.419. The highest BCUT2D eigenvalue weighted by Gasteiger charge is 2.41. The normalized spacial score (nSPS) is 25.4. The van der Waals surface area contributed by atoms with Crippen LogP contribution < -0.4 is 5.32 Å². The highest BCUT2D eigenvalue weighted by molar-refractivity contribution is 5.93. The van der Waals surface area contributed by atoms with Crippen molar-refractivity contribution in [3.8, 4) is 11.3 Å². The molecule has 2 fully saturated rings. The van der Waals surface area contributed by atoms with Crippen LogP contribution in [0.15, 0.2) is 30.7 Å². The molecule has 2 aliphatic heterocycles. The van der Waals surface area contributed by atoms with Gasteiger partial charge in [0.2, 0.25) is 0 Å². The van der Waals surface area contributed by atoms with E-state index in [0.717, 1.165) is 5.65 Å². The fourth-order valence-corrected chi connectivity index (χ4v) is 6.49. The summed E-state index contributed by atoms with van der Waals surface area (Å²) in [5, 5.41) is 13.6. The maximum atomic E-state index is 4.30. The summed E-state index contributed by atoms with van der Waals surface area (Å²) < 4.78 is 2.05. The van der Waals surface area contributed by atoms with E-state index in [1.165, 1.54) is 70.1 Å². The Balaban J connectivity index is 1.54. The van der Waals surface area contributed by atoms with Crippen molar-refractivity contribution in [3.63, 3.8) is 0 Å². The molecule has 0 aliphatic carbocycles. The molecule has 4 aromatic rings. The fourth-order valence-electron chi connectivity index (χ4n) is 6.49. The molecule has 2 N–H and O–H groups in total. The number of aromatic nitrogens is 4. The van der Waals surface area contributed by atoms with Crippen LogP contribution in [0.3, 0.4) is 0 Å². The van der Waals surface area contributed by atoms with E-state index in [1.54, 1.807) is 6.33 Å². The molecule has 2 aliphatic rings. The van der Waals surface area contributed by atoms with Crippen LogP contribution in [0.1, 0.15) is 74.6 Å². The van der Waals surface area contributed by atoms with Crippen LogP contribution in [-0.4, -0.2) is 31.7 Å². The SMILES string of the molecule is Cc1c(-c2[nH]c3ccc(C4(C)C[C@H]5CC[C@@H](C4)N5)cc3c2C(C)C)cn2cnnc2c1C. The second-order valence-corrected chi connectivity index (χ2v) is 10.8. The number of piperidine rings is 1. The zero-order valence-corrected chi connectivity index (χ0v) is 19.8. The molecule has 5 heteroatoms. The smallest absolute Gasteiger partial charge is 0.163 e. The van der Waals surface area contributed by atoms with Crippen molar-refractivity contribution in [1.82, 2.24) is 24.9 Å². The van der Waals surface area contributed by atoms with Gasteiger partial charge in [-0.3, -0.25) is 4.40 Å². The van der Waals surface area contributed by atoms with Crippen LogP contribution in [0.5, 0.6) is 0 Å². The number of nitrogens with zero attached hydrogens (tertiary/aromatic N) is 3. The number of aromatic amines is 1. The van der Waals surface area contributed by atoms with E-state index in [1.807, 2.05) is 4.40 Å². The Morgan fingerprint density at radius 2 is 1.84 bits per heavy atom. The minimum absolute atomic E-state index is 0.255. The van der Waals surface area contributed by atoms with Crippen molar-refractivity contribution in [2.75, 3.05) is 0 Å². The van der Waals surface area contributed by atoms with Crippen LogP contribution in [0.4, 0.5) is 0 Å². The Labute approximate surface area is 189 Å². The second kappa shape index (κ2) is 6.92. The average molecular weight is 428 g/mol. The van der Waals surface area contributed by atoms with E-state index in [9.17, 15) is 0 Å². The Kier molecular flexibility index (Phi) is 4.32. The van der Waals surface area contributed by atoms with Gasteiger partial charge in [-0.25, -0.2) is 0 Å². The van der Waals surface area contributed by atoms with Gasteiger partial charge in [0.1, 0.15) is 6.33 Å². The van der Waals surface area contributed by atoms with Crippen LogP contribution in [0.25, 0.3) is 27.8 Å². The Morgan fingerprint density at radius 3 is 2.56 bits per heavy atom. The van der Waals surface area contributed by atoms with E-state index in [-0.39, 0.29) is 5.41 Å². The summed E-state index contributed by atoms with van der Waals surface area (Å²) in [7, 11) is 0. The van der Waals surface area contributed by atoms with E-state index < -0.39 is 0 Å². The number of hydrogen-bond donors (Lipinski definition) is 2. The minimum atomic E-state index is 0.255. The molecule has 1 unspecified atom stereocenters. The highest BCUT2D eigenvalue weighted by Crippen LogP contribution is 2.45. The molecule has 5 heterocycles. The zero-order valence-electron chi connectivity index (χ0n) is 19.8. The molecule has 5 nitrogen and oxygen atoms in total. The van der Waals surface area contributed by atoms with Crippen molar-refractivity contribution >= 4 is 16.6 Å². The summed E-state index contributed by atoms with van der Waals surface area (Å²) in [6.45, 7) is 11.4. The average Bonchev–Trinajstić information content (AvgIpc) is 3.46. The van der Waals surface area contributed by atoms with Gasteiger partial charge in [-0.15, -0.1) is 10.2 Å². The van der Waals surface area contributed by atoms with Gasteiger partial charge < -0.3 is 10.3 Å². The Bertz CT molecular complexity index is 1330. The van der Waals surface area contributed by atoms with Gasteiger partial charge in [0.15, 0.2) is 5.65 Å². The van der Waals surface area contributed by atoms with E-state index >= 15 is 0 Å². The lowest BCUT2D eigenvalue weighted by molar-refractivity contribution is 0.268. The van der Waals surface area contributed by atoms with Crippen molar-refractivity contribution < 1.29 is 0 Å². The van der Waals surface area contributed by atoms with Crippen molar-refractivity contribution in [2.24, 2.45) is 0 Å². The number of nitrogens with one attached hydrogen (secondary N) is 2. The molecule has 1 aromatic carbocycles. The summed E-state index contributed by atoms with van der Waals surface area (Å²) in [4.78, 5) is 3.79. The molecule has 0 spiro atoms. The van der Waals surface area contributed by atoms with E-state index in [2.05, 4.69) is 79.5 Å². The molecule has 6 rings (SSSR count). The van der Waals surface area contributed by atoms with Gasteiger partial charge in [-0.1, -0.05) is 26.8 Å². The number of H-pyrrole nitrogens is 1. The molecular weight excluding hydrogens is 394 g/mol. The molecule has 0 amide bonds. The number of benzene rings is 1. The molecule has 0 radical (unpaired) electrons. The molecule has 0 saturated carbocycles. The van der Waals surface area contributed by atoms with Crippen molar-refractivity contribution in [3.05, 3.63) is 53.0 Å². The molecule has 32 heavy (non-hydrogen) atoms. The van der Waals surface area contributed by atoms with Crippen LogP contribution in [-0.2, 0) is 5.41 Å². The molecule has 2 saturated heterocycles. The van der Waals surface area contributed by atoms with Crippen molar-refractivity contribution in [2.45, 2.75) is 83.7 Å². The lowest BCUT2D eigenvalue weighted by Crippen LogP contribution is -2.45. The molecule has 3 aromatic heterocycles. The number of fused-ring (bicyclic) bond motifs is 4. The first-order chi connectivity index (χ1) is 15.3. The Hall–Kier alpha value is -2.66. The Morgan fingerprint density at radius 1 is 1.09 bits per heavy atom. The third kappa shape index (κ3) is 2.87. The van der Waals surface area contributed by atoms with Crippen LogP contribution >= 0.6 is 0 Å². The van der Waals surface area contributed by atoms with Crippen LogP contribution in [0, 0.1) is 13.8 Å². The summed E-state index contributed by atoms with van der Waals surface area (Å²) in [6, 6.07) is 8.55. The molecule has 3 atom stereocenters. The van der Waals surface area contributed by atoms with Crippen LogP contribution in [0.2, 0.25) is 0 Å². The zero-order chi connectivity index (χ0) is 22.2. The predicted molar refractivity (Wildman–Crippen MR) is 130 cm³/mol. The first-order valence-electron chi connectivity index (χ1n) is 12.1. The molecule has 166 valence electrons. The lowest BCUT2D eigenvalue weighted by Gasteiger charge is -2.39. The number of aryl methyl sites for hydroxylation is 1. The highest BCUT2D eigenvalue weighted by atomic mass is 15.2. The molecule has 2 bridgehead atoms. The third-order valence-corrected chi connectivity index (χ3v) is 8.25.